The zero-order chi connectivity index (χ0) is 10.9. The molecule has 0 aliphatic rings. The van der Waals surface area contributed by atoms with Crippen molar-refractivity contribution in [3.8, 4) is 0 Å². The van der Waals surface area contributed by atoms with Gasteiger partial charge in [0.25, 0.3) is 0 Å². The SMILES string of the molecule is CCCCC(O)(CN=[N+]=[N-])CN=[N+]=[N-]. The van der Waals surface area contributed by atoms with E-state index in [0.29, 0.717) is 6.42 Å². The Morgan fingerprint density at radius 3 is 2.07 bits per heavy atom. The molecule has 0 bridgehead atoms. The fourth-order valence-electron chi connectivity index (χ4n) is 1.04. The fourth-order valence-corrected chi connectivity index (χ4v) is 1.04. The van der Waals surface area contributed by atoms with Crippen LogP contribution in [0.1, 0.15) is 26.2 Å². The van der Waals surface area contributed by atoms with Crippen LogP contribution in [0.5, 0.6) is 0 Å². The average Bonchev–Trinajstić information content (AvgIpc) is 2.21. The van der Waals surface area contributed by atoms with Crippen LogP contribution in [-0.2, 0) is 0 Å². The third-order valence-electron chi connectivity index (χ3n) is 1.85. The first-order chi connectivity index (χ1) is 6.68. The Balaban J connectivity index is 4.29. The molecular weight excluding hydrogens is 184 g/mol. The Morgan fingerprint density at radius 1 is 1.21 bits per heavy atom. The lowest BCUT2D eigenvalue weighted by molar-refractivity contribution is 0.0472. The summed E-state index contributed by atoms with van der Waals surface area (Å²) in [6.45, 7) is 1.88. The van der Waals surface area contributed by atoms with Gasteiger partial charge < -0.3 is 5.11 Å². The monoisotopic (exact) mass is 198 g/mol. The summed E-state index contributed by atoms with van der Waals surface area (Å²) in [5.41, 5.74) is 15.1. The topological polar surface area (TPSA) is 118 Å². The lowest BCUT2D eigenvalue weighted by atomic mass is 9.97. The normalized spacial score (nSPS) is 13.6. The molecule has 0 unspecified atom stereocenters. The molecule has 0 radical (unpaired) electrons. The molecule has 0 atom stereocenters. The predicted octanol–water partition coefficient (Wildman–Crippen LogP) is 2.53. The minimum atomic E-state index is -1.19. The molecule has 78 valence electrons. The predicted molar refractivity (Wildman–Crippen MR) is 52.5 cm³/mol. The summed E-state index contributed by atoms with van der Waals surface area (Å²) in [6.07, 6.45) is 2.20. The van der Waals surface area contributed by atoms with Crippen LogP contribution in [0, 0.1) is 0 Å². The minimum absolute atomic E-state index is 0.0531. The maximum absolute atomic E-state index is 9.87. The van der Waals surface area contributed by atoms with Crippen molar-refractivity contribution in [3.05, 3.63) is 20.9 Å². The molecule has 7 nitrogen and oxygen atoms in total. The van der Waals surface area contributed by atoms with E-state index in [4.69, 9.17) is 11.1 Å². The Hall–Kier alpha value is -1.42. The maximum Gasteiger partial charge on any atom is 0.0760 e. The lowest BCUT2D eigenvalue weighted by Crippen LogP contribution is -2.35. The molecule has 0 aromatic rings. The highest BCUT2D eigenvalue weighted by Crippen LogP contribution is 2.15. The second-order valence-electron chi connectivity index (χ2n) is 3.11. The molecule has 0 rings (SSSR count). The van der Waals surface area contributed by atoms with E-state index in [-0.39, 0.29) is 13.1 Å². The van der Waals surface area contributed by atoms with Gasteiger partial charge in [0, 0.05) is 9.82 Å². The summed E-state index contributed by atoms with van der Waals surface area (Å²) in [6, 6.07) is 0. The summed E-state index contributed by atoms with van der Waals surface area (Å²) in [5.74, 6) is 0. The van der Waals surface area contributed by atoms with Gasteiger partial charge in [-0.05, 0) is 17.5 Å². The second-order valence-corrected chi connectivity index (χ2v) is 3.11. The van der Waals surface area contributed by atoms with E-state index in [1.807, 2.05) is 6.92 Å². The van der Waals surface area contributed by atoms with Crippen LogP contribution < -0.4 is 0 Å². The number of azide groups is 2. The second kappa shape index (κ2) is 7.03. The molecule has 14 heavy (non-hydrogen) atoms. The summed E-state index contributed by atoms with van der Waals surface area (Å²) < 4.78 is 0. The quantitative estimate of drug-likeness (QED) is 0.377. The maximum atomic E-state index is 9.87. The average molecular weight is 198 g/mol. The van der Waals surface area contributed by atoms with Crippen molar-refractivity contribution >= 4 is 0 Å². The molecule has 0 fully saturated rings. The molecule has 1 N–H and O–H groups in total. The highest BCUT2D eigenvalue weighted by atomic mass is 16.3. The molecule has 0 aromatic heterocycles. The zero-order valence-electron chi connectivity index (χ0n) is 8.17. The summed E-state index contributed by atoms with van der Waals surface area (Å²) >= 11 is 0. The number of aliphatic hydroxyl groups is 1. The Morgan fingerprint density at radius 2 is 1.71 bits per heavy atom. The van der Waals surface area contributed by atoms with E-state index in [9.17, 15) is 5.11 Å². The summed E-state index contributed by atoms with van der Waals surface area (Å²) in [5, 5.41) is 16.5. The molecule has 0 saturated heterocycles. The number of hydrogen-bond donors (Lipinski definition) is 1. The number of nitrogens with zero attached hydrogens (tertiary/aromatic N) is 6. The standard InChI is InChI=1S/C7H14N6O/c1-2-3-4-7(14,5-10-12-8)6-11-13-9/h14H,2-6H2,1H3. The molecular formula is C7H14N6O. The van der Waals surface area contributed by atoms with Crippen molar-refractivity contribution in [2.45, 2.75) is 31.8 Å². The van der Waals surface area contributed by atoms with Gasteiger partial charge in [-0.2, -0.15) is 0 Å². The van der Waals surface area contributed by atoms with Crippen molar-refractivity contribution < 1.29 is 5.11 Å². The van der Waals surface area contributed by atoms with E-state index < -0.39 is 5.60 Å². The van der Waals surface area contributed by atoms with Gasteiger partial charge in [-0.3, -0.25) is 0 Å². The Labute approximate surface area is 82.0 Å². The third kappa shape index (κ3) is 5.27. The van der Waals surface area contributed by atoms with Crippen LogP contribution >= 0.6 is 0 Å². The molecule has 0 heterocycles. The van der Waals surface area contributed by atoms with Gasteiger partial charge >= 0.3 is 0 Å². The molecule has 0 aliphatic heterocycles. The number of hydrogen-bond acceptors (Lipinski definition) is 3. The minimum Gasteiger partial charge on any atom is -0.390 e. The molecule has 0 saturated carbocycles. The Kier molecular flexibility index (Phi) is 6.32. The van der Waals surface area contributed by atoms with Crippen LogP contribution in [0.15, 0.2) is 10.2 Å². The van der Waals surface area contributed by atoms with Crippen LogP contribution in [0.2, 0.25) is 0 Å². The molecule has 0 aromatic carbocycles. The van der Waals surface area contributed by atoms with E-state index >= 15 is 0 Å². The van der Waals surface area contributed by atoms with E-state index in [1.165, 1.54) is 0 Å². The van der Waals surface area contributed by atoms with Crippen molar-refractivity contribution in [1.29, 1.82) is 0 Å². The number of rotatable bonds is 7. The highest BCUT2D eigenvalue weighted by Gasteiger charge is 2.24. The van der Waals surface area contributed by atoms with Gasteiger partial charge in [-0.1, -0.05) is 30.0 Å². The van der Waals surface area contributed by atoms with E-state index in [1.54, 1.807) is 0 Å². The first-order valence-electron chi connectivity index (χ1n) is 4.42. The highest BCUT2D eigenvalue weighted by molar-refractivity contribution is 4.83. The van der Waals surface area contributed by atoms with Gasteiger partial charge in [0.1, 0.15) is 0 Å². The molecule has 0 amide bonds. The van der Waals surface area contributed by atoms with Crippen molar-refractivity contribution in [3.63, 3.8) is 0 Å². The summed E-state index contributed by atoms with van der Waals surface area (Å²) in [4.78, 5) is 5.13. The van der Waals surface area contributed by atoms with Crippen LogP contribution in [-0.4, -0.2) is 23.8 Å². The van der Waals surface area contributed by atoms with Crippen molar-refractivity contribution in [2.24, 2.45) is 10.2 Å². The largest absolute Gasteiger partial charge is 0.390 e. The van der Waals surface area contributed by atoms with Gasteiger partial charge in [0.2, 0.25) is 0 Å². The molecule has 0 spiro atoms. The van der Waals surface area contributed by atoms with Crippen LogP contribution in [0.3, 0.4) is 0 Å². The smallest absolute Gasteiger partial charge is 0.0760 e. The molecule has 0 aliphatic carbocycles. The van der Waals surface area contributed by atoms with Gasteiger partial charge in [0.15, 0.2) is 0 Å². The zero-order valence-corrected chi connectivity index (χ0v) is 8.17. The Bertz CT molecular complexity index is 233. The summed E-state index contributed by atoms with van der Waals surface area (Å²) in [7, 11) is 0. The van der Waals surface area contributed by atoms with Crippen LogP contribution in [0.25, 0.3) is 20.9 Å². The first-order valence-corrected chi connectivity index (χ1v) is 4.42. The van der Waals surface area contributed by atoms with E-state index in [2.05, 4.69) is 20.1 Å². The van der Waals surface area contributed by atoms with Crippen molar-refractivity contribution in [2.75, 3.05) is 13.1 Å². The van der Waals surface area contributed by atoms with Gasteiger partial charge in [-0.15, -0.1) is 0 Å². The lowest BCUT2D eigenvalue weighted by Gasteiger charge is -2.23. The van der Waals surface area contributed by atoms with Crippen LogP contribution in [0.4, 0.5) is 0 Å². The molecule has 7 heteroatoms. The van der Waals surface area contributed by atoms with Gasteiger partial charge in [-0.25, -0.2) is 0 Å². The van der Waals surface area contributed by atoms with Crippen molar-refractivity contribution in [1.82, 2.24) is 0 Å². The fraction of sp³-hybridized carbons (Fsp3) is 1.00. The number of unbranched alkanes of at least 4 members (excludes halogenated alkanes) is 1. The first kappa shape index (κ1) is 12.6. The van der Waals surface area contributed by atoms with E-state index in [0.717, 1.165) is 12.8 Å². The van der Waals surface area contributed by atoms with Gasteiger partial charge in [0.05, 0.1) is 18.7 Å². The third-order valence-corrected chi connectivity index (χ3v) is 1.85.